The van der Waals surface area contributed by atoms with Gasteiger partial charge in [0.1, 0.15) is 17.5 Å². The van der Waals surface area contributed by atoms with Crippen molar-refractivity contribution >= 4 is 11.6 Å². The molecule has 0 heterocycles. The number of nitrogens with one attached hydrogen (secondary N) is 2. The molecule has 0 aliphatic carbocycles. The van der Waals surface area contributed by atoms with Crippen LogP contribution in [0.2, 0.25) is 0 Å². The molecule has 5 heteroatoms. The normalized spacial score (nSPS) is 11.0. The first-order valence-corrected chi connectivity index (χ1v) is 8.38. The second kappa shape index (κ2) is 8.82. The van der Waals surface area contributed by atoms with Gasteiger partial charge >= 0.3 is 0 Å². The highest BCUT2D eigenvalue weighted by Gasteiger charge is 2.12. The third-order valence-corrected chi connectivity index (χ3v) is 4.00. The second-order valence-electron chi connectivity index (χ2n) is 6.23. The van der Waals surface area contributed by atoms with Gasteiger partial charge in [0, 0.05) is 18.4 Å². The smallest absolute Gasteiger partial charge is 0.267 e. The lowest BCUT2D eigenvalue weighted by molar-refractivity contribution is -0.112. The van der Waals surface area contributed by atoms with Gasteiger partial charge in [-0.15, -0.1) is 0 Å². The molecule has 0 spiro atoms. The number of nitrogens with zero attached hydrogens (tertiary/aromatic N) is 1. The molecule has 0 saturated carbocycles. The molecule has 0 radical (unpaired) electrons. The first kappa shape index (κ1) is 19.2. The van der Waals surface area contributed by atoms with Crippen LogP contribution in [-0.2, 0) is 11.2 Å². The maximum Gasteiger partial charge on any atom is 0.267 e. The van der Waals surface area contributed by atoms with E-state index < -0.39 is 5.91 Å². The molecule has 26 heavy (non-hydrogen) atoms. The summed E-state index contributed by atoms with van der Waals surface area (Å²) in [6.07, 6.45) is 2.07. The van der Waals surface area contributed by atoms with E-state index in [9.17, 15) is 14.4 Å². The Labute approximate surface area is 153 Å². The van der Waals surface area contributed by atoms with Crippen molar-refractivity contribution in [3.05, 3.63) is 76.2 Å². The molecule has 0 aromatic heterocycles. The van der Waals surface area contributed by atoms with Crippen LogP contribution >= 0.6 is 0 Å². The third kappa shape index (κ3) is 5.18. The minimum atomic E-state index is -0.447. The van der Waals surface area contributed by atoms with Crippen LogP contribution in [0.4, 0.5) is 10.1 Å². The van der Waals surface area contributed by atoms with Crippen LogP contribution in [-0.4, -0.2) is 12.5 Å². The number of benzene rings is 2. The van der Waals surface area contributed by atoms with Crippen molar-refractivity contribution in [2.75, 3.05) is 11.9 Å². The van der Waals surface area contributed by atoms with Crippen LogP contribution in [0.1, 0.15) is 22.3 Å². The number of rotatable bonds is 6. The van der Waals surface area contributed by atoms with Gasteiger partial charge in [0.25, 0.3) is 5.91 Å². The topological polar surface area (TPSA) is 64.9 Å². The first-order chi connectivity index (χ1) is 12.4. The van der Waals surface area contributed by atoms with Crippen molar-refractivity contribution in [2.24, 2.45) is 0 Å². The highest BCUT2D eigenvalue weighted by atomic mass is 19.1. The average molecular weight is 351 g/mol. The Morgan fingerprint density at radius 1 is 1.15 bits per heavy atom. The molecule has 2 rings (SSSR count). The molecule has 2 aromatic rings. The molecule has 134 valence electrons. The highest BCUT2D eigenvalue weighted by molar-refractivity contribution is 6.07. The maximum atomic E-state index is 12.9. The van der Waals surface area contributed by atoms with Gasteiger partial charge in [-0.3, -0.25) is 4.79 Å². The molecule has 0 bridgehead atoms. The average Bonchev–Trinajstić information content (AvgIpc) is 2.59. The quantitative estimate of drug-likeness (QED) is 0.471. The zero-order valence-corrected chi connectivity index (χ0v) is 15.2. The number of anilines is 1. The zero-order valence-electron chi connectivity index (χ0n) is 15.2. The Hall–Kier alpha value is -3.13. The molecule has 0 unspecified atom stereocenters. The Balaban J connectivity index is 1.97. The van der Waals surface area contributed by atoms with Crippen LogP contribution in [0.15, 0.2) is 48.2 Å². The summed E-state index contributed by atoms with van der Waals surface area (Å²) in [7, 11) is 0. The van der Waals surface area contributed by atoms with Crippen molar-refractivity contribution in [3.8, 4) is 6.07 Å². The van der Waals surface area contributed by atoms with Crippen molar-refractivity contribution < 1.29 is 9.18 Å². The van der Waals surface area contributed by atoms with Gasteiger partial charge in [-0.25, -0.2) is 4.39 Å². The van der Waals surface area contributed by atoms with E-state index in [4.69, 9.17) is 0 Å². The number of halogens is 1. The molecule has 0 atom stereocenters. The van der Waals surface area contributed by atoms with Crippen LogP contribution in [0, 0.1) is 37.9 Å². The largest absolute Gasteiger partial charge is 0.389 e. The van der Waals surface area contributed by atoms with E-state index in [1.165, 1.54) is 18.3 Å². The van der Waals surface area contributed by atoms with Gasteiger partial charge in [-0.2, -0.15) is 5.26 Å². The maximum absolute atomic E-state index is 12.9. The summed E-state index contributed by atoms with van der Waals surface area (Å²) < 4.78 is 12.9. The number of hydrogen-bond acceptors (Lipinski definition) is 3. The summed E-state index contributed by atoms with van der Waals surface area (Å²) in [5.41, 5.74) is 4.74. The minimum absolute atomic E-state index is 0.00322. The van der Waals surface area contributed by atoms with Crippen LogP contribution in [0.5, 0.6) is 0 Å². The SMILES string of the molecule is Cc1cc(C)c(NC(=O)/C(C#N)=C\NCCc2ccc(F)cc2)c(C)c1. The Kier molecular flexibility index (Phi) is 6.51. The summed E-state index contributed by atoms with van der Waals surface area (Å²) in [4.78, 5) is 12.4. The summed E-state index contributed by atoms with van der Waals surface area (Å²) in [5.74, 6) is -0.719. The molecule has 1 amide bonds. The molecule has 4 nitrogen and oxygen atoms in total. The predicted octanol–water partition coefficient (Wildman–Crippen LogP) is 3.93. The minimum Gasteiger partial charge on any atom is -0.389 e. The Morgan fingerprint density at radius 3 is 2.35 bits per heavy atom. The molecule has 0 saturated heterocycles. The number of nitriles is 1. The summed E-state index contributed by atoms with van der Waals surface area (Å²) >= 11 is 0. The molecule has 0 fully saturated rings. The van der Waals surface area contributed by atoms with Crippen LogP contribution < -0.4 is 10.6 Å². The van der Waals surface area contributed by atoms with Crippen molar-refractivity contribution in [1.29, 1.82) is 5.26 Å². The fraction of sp³-hybridized carbons (Fsp3) is 0.238. The van der Waals surface area contributed by atoms with Crippen molar-refractivity contribution in [3.63, 3.8) is 0 Å². The van der Waals surface area contributed by atoms with Crippen LogP contribution in [0.25, 0.3) is 0 Å². The predicted molar refractivity (Wildman–Crippen MR) is 101 cm³/mol. The number of aryl methyl sites for hydroxylation is 3. The van der Waals surface area contributed by atoms with Gasteiger partial charge in [-0.05, 0) is 56.0 Å². The summed E-state index contributed by atoms with van der Waals surface area (Å²) in [6, 6.07) is 12.1. The lowest BCUT2D eigenvalue weighted by Gasteiger charge is -2.12. The van der Waals surface area contributed by atoms with Crippen LogP contribution in [0.3, 0.4) is 0 Å². The first-order valence-electron chi connectivity index (χ1n) is 8.38. The van der Waals surface area contributed by atoms with E-state index in [-0.39, 0.29) is 11.4 Å². The number of amides is 1. The van der Waals surface area contributed by atoms with E-state index in [1.54, 1.807) is 12.1 Å². The standard InChI is InChI=1S/C21H22FN3O/c1-14-10-15(2)20(16(3)11-14)25-21(26)18(12-23)13-24-9-8-17-4-6-19(22)7-5-17/h4-7,10-11,13,24H,8-9H2,1-3H3,(H,25,26)/b18-13-. The zero-order chi connectivity index (χ0) is 19.1. The number of carbonyl (C=O) groups is 1. The fourth-order valence-electron chi connectivity index (χ4n) is 2.75. The lowest BCUT2D eigenvalue weighted by atomic mass is 10.0. The van der Waals surface area contributed by atoms with E-state index in [0.717, 1.165) is 27.9 Å². The summed E-state index contributed by atoms with van der Waals surface area (Å²) in [6.45, 7) is 6.38. The fourth-order valence-corrected chi connectivity index (χ4v) is 2.75. The van der Waals surface area contributed by atoms with Gasteiger partial charge in [0.2, 0.25) is 0 Å². The van der Waals surface area contributed by atoms with Gasteiger partial charge < -0.3 is 10.6 Å². The highest BCUT2D eigenvalue weighted by Crippen LogP contribution is 2.22. The number of carbonyl (C=O) groups excluding carboxylic acids is 1. The van der Waals surface area contributed by atoms with E-state index >= 15 is 0 Å². The molecule has 2 N–H and O–H groups in total. The lowest BCUT2D eigenvalue weighted by Crippen LogP contribution is -2.19. The van der Waals surface area contributed by atoms with Gasteiger partial charge in [0.15, 0.2) is 0 Å². The Morgan fingerprint density at radius 2 is 1.77 bits per heavy atom. The van der Waals surface area contributed by atoms with E-state index in [1.807, 2.05) is 39.0 Å². The summed E-state index contributed by atoms with van der Waals surface area (Å²) in [5, 5.41) is 15.0. The molecule has 0 aliphatic heterocycles. The van der Waals surface area contributed by atoms with Crippen molar-refractivity contribution in [1.82, 2.24) is 5.32 Å². The van der Waals surface area contributed by atoms with E-state index in [0.29, 0.717) is 13.0 Å². The van der Waals surface area contributed by atoms with Crippen molar-refractivity contribution in [2.45, 2.75) is 27.2 Å². The molecule has 0 aliphatic rings. The molecular formula is C21H22FN3O. The second-order valence-corrected chi connectivity index (χ2v) is 6.23. The third-order valence-electron chi connectivity index (χ3n) is 4.00. The van der Waals surface area contributed by atoms with Gasteiger partial charge in [0.05, 0.1) is 0 Å². The number of hydrogen-bond donors (Lipinski definition) is 2. The van der Waals surface area contributed by atoms with Gasteiger partial charge in [-0.1, -0.05) is 29.8 Å². The monoisotopic (exact) mass is 351 g/mol. The van der Waals surface area contributed by atoms with E-state index in [2.05, 4.69) is 10.6 Å². The molecule has 2 aromatic carbocycles. The Bertz CT molecular complexity index is 841. The molecular weight excluding hydrogens is 329 g/mol.